The number of sulfonamides is 1. The van der Waals surface area contributed by atoms with Gasteiger partial charge in [0.05, 0.1) is 9.79 Å². The molecule has 0 aliphatic rings. The lowest BCUT2D eigenvalue weighted by Crippen LogP contribution is -2.26. The van der Waals surface area contributed by atoms with Crippen molar-refractivity contribution in [3.63, 3.8) is 0 Å². The molecule has 0 saturated heterocycles. The Kier molecular flexibility index (Phi) is 4.93. The van der Waals surface area contributed by atoms with Gasteiger partial charge in [0.2, 0.25) is 10.0 Å². The van der Waals surface area contributed by atoms with Crippen molar-refractivity contribution in [1.82, 2.24) is 4.72 Å². The second-order valence-electron chi connectivity index (χ2n) is 5.50. The van der Waals surface area contributed by atoms with Gasteiger partial charge in [0.1, 0.15) is 0 Å². The Bertz CT molecular complexity index is 884. The fourth-order valence-electron chi connectivity index (χ4n) is 2.09. The first-order chi connectivity index (χ1) is 10.6. The van der Waals surface area contributed by atoms with Crippen LogP contribution in [0.25, 0.3) is 0 Å². The van der Waals surface area contributed by atoms with Crippen molar-refractivity contribution in [3.05, 3.63) is 59.7 Å². The first-order valence-electron chi connectivity index (χ1n) is 6.98. The van der Waals surface area contributed by atoms with Gasteiger partial charge in [-0.1, -0.05) is 29.8 Å². The van der Waals surface area contributed by atoms with Gasteiger partial charge in [0, 0.05) is 12.3 Å². The van der Waals surface area contributed by atoms with E-state index in [1.807, 2.05) is 6.92 Å². The van der Waals surface area contributed by atoms with Gasteiger partial charge in [-0.3, -0.25) is 0 Å². The Balaban J connectivity index is 2.21. The zero-order valence-corrected chi connectivity index (χ0v) is 14.8. The van der Waals surface area contributed by atoms with Gasteiger partial charge in [0.25, 0.3) is 0 Å². The number of hydrogen-bond acceptors (Lipinski definition) is 4. The van der Waals surface area contributed by atoms with Gasteiger partial charge in [0.15, 0.2) is 9.84 Å². The highest BCUT2D eigenvalue weighted by molar-refractivity contribution is 7.90. The molecule has 0 unspecified atom stereocenters. The largest absolute Gasteiger partial charge is 0.241 e. The first kappa shape index (κ1) is 17.7. The van der Waals surface area contributed by atoms with Gasteiger partial charge in [-0.05, 0) is 43.7 Å². The normalized spacial score (nSPS) is 13.7. The highest BCUT2D eigenvalue weighted by Gasteiger charge is 2.18. The molecule has 0 amide bonds. The van der Waals surface area contributed by atoms with E-state index in [9.17, 15) is 16.8 Å². The van der Waals surface area contributed by atoms with Crippen molar-refractivity contribution in [3.8, 4) is 0 Å². The maximum atomic E-state index is 12.3. The molecule has 1 atom stereocenters. The fourth-order valence-corrected chi connectivity index (χ4v) is 3.95. The quantitative estimate of drug-likeness (QED) is 0.895. The van der Waals surface area contributed by atoms with Crippen LogP contribution in [0.1, 0.15) is 24.1 Å². The minimum Gasteiger partial charge on any atom is -0.224 e. The smallest absolute Gasteiger partial charge is 0.224 e. The summed E-state index contributed by atoms with van der Waals surface area (Å²) in [6.07, 6.45) is 1.13. The van der Waals surface area contributed by atoms with Crippen LogP contribution in [0.4, 0.5) is 0 Å². The molecule has 0 radical (unpaired) electrons. The summed E-state index contributed by atoms with van der Waals surface area (Å²) in [6, 6.07) is 12.3. The lowest BCUT2D eigenvalue weighted by atomic mass is 10.1. The summed E-state index contributed by atoms with van der Waals surface area (Å²) < 4.78 is 50.2. The lowest BCUT2D eigenvalue weighted by Gasteiger charge is -2.15. The van der Waals surface area contributed by atoms with Gasteiger partial charge in [-0.25, -0.2) is 21.6 Å². The van der Waals surface area contributed by atoms with Crippen LogP contribution in [0.3, 0.4) is 0 Å². The highest BCUT2D eigenvalue weighted by atomic mass is 32.2. The van der Waals surface area contributed by atoms with Crippen LogP contribution in [0.2, 0.25) is 0 Å². The third kappa shape index (κ3) is 4.40. The molecule has 0 aromatic heterocycles. The Morgan fingerprint density at radius 3 is 1.78 bits per heavy atom. The maximum absolute atomic E-state index is 12.3. The number of nitrogens with one attached hydrogen (secondary N) is 1. The topological polar surface area (TPSA) is 80.3 Å². The number of hydrogen-bond donors (Lipinski definition) is 1. The molecule has 0 aliphatic carbocycles. The molecule has 0 bridgehead atoms. The molecular formula is C16H19NO4S2. The Morgan fingerprint density at radius 1 is 0.826 bits per heavy atom. The molecule has 23 heavy (non-hydrogen) atoms. The summed E-state index contributed by atoms with van der Waals surface area (Å²) in [7, 11) is -6.90. The summed E-state index contributed by atoms with van der Waals surface area (Å²) >= 11 is 0. The summed E-state index contributed by atoms with van der Waals surface area (Å²) in [6.45, 7) is 3.59. The Morgan fingerprint density at radius 2 is 1.30 bits per heavy atom. The zero-order valence-electron chi connectivity index (χ0n) is 13.1. The number of sulfone groups is 1. The second-order valence-corrected chi connectivity index (χ2v) is 9.23. The fraction of sp³-hybridized carbons (Fsp3) is 0.250. The van der Waals surface area contributed by atoms with Crippen molar-refractivity contribution in [2.24, 2.45) is 0 Å². The molecule has 2 rings (SSSR count). The van der Waals surface area contributed by atoms with Crippen LogP contribution in [-0.2, 0) is 19.9 Å². The predicted molar refractivity (Wildman–Crippen MR) is 89.5 cm³/mol. The minimum absolute atomic E-state index is 0.197. The van der Waals surface area contributed by atoms with E-state index in [-0.39, 0.29) is 9.79 Å². The van der Waals surface area contributed by atoms with Crippen LogP contribution >= 0.6 is 0 Å². The van der Waals surface area contributed by atoms with E-state index in [0.29, 0.717) is 5.56 Å². The maximum Gasteiger partial charge on any atom is 0.241 e. The molecule has 2 aromatic rings. The predicted octanol–water partition coefficient (Wildman–Crippen LogP) is 2.44. The minimum atomic E-state index is -3.63. The molecule has 2 aromatic carbocycles. The molecule has 0 fully saturated rings. The van der Waals surface area contributed by atoms with E-state index in [1.54, 1.807) is 43.3 Å². The molecule has 7 heteroatoms. The van der Waals surface area contributed by atoms with Crippen LogP contribution in [0.5, 0.6) is 0 Å². The summed E-state index contributed by atoms with van der Waals surface area (Å²) in [5.41, 5.74) is 1.67. The Hall–Kier alpha value is -1.70. The summed E-state index contributed by atoms with van der Waals surface area (Å²) in [4.78, 5) is 0.401. The molecule has 0 aliphatic heterocycles. The molecule has 0 saturated carbocycles. The van der Waals surface area contributed by atoms with Crippen molar-refractivity contribution < 1.29 is 16.8 Å². The van der Waals surface area contributed by atoms with Crippen molar-refractivity contribution >= 4 is 19.9 Å². The van der Waals surface area contributed by atoms with E-state index >= 15 is 0 Å². The van der Waals surface area contributed by atoms with Gasteiger partial charge in [-0.15, -0.1) is 0 Å². The van der Waals surface area contributed by atoms with Gasteiger partial charge in [-0.2, -0.15) is 0 Å². The van der Waals surface area contributed by atoms with E-state index in [0.717, 1.165) is 11.8 Å². The Labute approximate surface area is 137 Å². The summed E-state index contributed by atoms with van der Waals surface area (Å²) in [5, 5.41) is 0. The molecule has 0 heterocycles. The van der Waals surface area contributed by atoms with Crippen LogP contribution in [0.15, 0.2) is 58.3 Å². The average Bonchev–Trinajstić information content (AvgIpc) is 2.46. The summed E-state index contributed by atoms with van der Waals surface area (Å²) in [5.74, 6) is 0. The third-order valence-corrected chi connectivity index (χ3v) is 6.16. The third-order valence-electron chi connectivity index (χ3n) is 3.47. The number of aryl methyl sites for hydroxylation is 1. The highest BCUT2D eigenvalue weighted by Crippen LogP contribution is 2.19. The first-order valence-corrected chi connectivity index (χ1v) is 10.4. The zero-order chi connectivity index (χ0) is 17.3. The van der Waals surface area contributed by atoms with E-state index in [2.05, 4.69) is 4.72 Å². The van der Waals surface area contributed by atoms with Crippen LogP contribution in [-0.4, -0.2) is 23.1 Å². The SMILES string of the molecule is Cc1ccc(S(=O)(=O)N[C@H](C)c2ccc(S(C)(=O)=O)cc2)cc1. The van der Waals surface area contributed by atoms with Crippen molar-refractivity contribution in [2.75, 3.05) is 6.26 Å². The second kappa shape index (κ2) is 6.43. The molecule has 1 N–H and O–H groups in total. The monoisotopic (exact) mass is 353 g/mol. The van der Waals surface area contributed by atoms with E-state index in [4.69, 9.17) is 0 Å². The molecule has 0 spiro atoms. The van der Waals surface area contributed by atoms with Crippen molar-refractivity contribution in [1.29, 1.82) is 0 Å². The standard InChI is InChI=1S/C16H19NO4S2/c1-12-4-8-16(9-5-12)23(20,21)17-13(2)14-6-10-15(11-7-14)22(3,18)19/h4-11,13,17H,1-3H3/t13-/m1/s1. The van der Waals surface area contributed by atoms with E-state index in [1.165, 1.54) is 12.1 Å². The number of benzene rings is 2. The number of rotatable bonds is 5. The van der Waals surface area contributed by atoms with Crippen LogP contribution in [0, 0.1) is 6.92 Å². The lowest BCUT2D eigenvalue weighted by molar-refractivity contribution is 0.566. The molecule has 5 nitrogen and oxygen atoms in total. The van der Waals surface area contributed by atoms with Crippen LogP contribution < -0.4 is 4.72 Å². The van der Waals surface area contributed by atoms with Gasteiger partial charge < -0.3 is 0 Å². The van der Waals surface area contributed by atoms with Gasteiger partial charge >= 0.3 is 0 Å². The molecular weight excluding hydrogens is 334 g/mol. The van der Waals surface area contributed by atoms with Crippen molar-refractivity contribution in [2.45, 2.75) is 29.7 Å². The average molecular weight is 353 g/mol. The van der Waals surface area contributed by atoms with E-state index < -0.39 is 25.9 Å². The molecule has 124 valence electrons.